The summed E-state index contributed by atoms with van der Waals surface area (Å²) >= 11 is 0. The number of methoxy groups -OCH3 is 1. The van der Waals surface area contributed by atoms with Crippen LogP contribution in [-0.4, -0.2) is 30.0 Å². The van der Waals surface area contributed by atoms with Crippen molar-refractivity contribution in [1.29, 1.82) is 0 Å². The fourth-order valence-corrected chi connectivity index (χ4v) is 2.86. The van der Waals surface area contributed by atoms with Crippen LogP contribution in [-0.2, 0) is 16.0 Å². The maximum atomic E-state index is 12.6. The molecule has 8 heteroatoms. The van der Waals surface area contributed by atoms with Gasteiger partial charge in [-0.25, -0.2) is 4.79 Å². The van der Waals surface area contributed by atoms with E-state index in [4.69, 9.17) is 9.15 Å². The molecule has 0 bridgehead atoms. The van der Waals surface area contributed by atoms with Crippen molar-refractivity contribution >= 4 is 17.6 Å². The van der Waals surface area contributed by atoms with Crippen LogP contribution in [0.15, 0.2) is 71.1 Å². The molecule has 0 aliphatic heterocycles. The number of hydrogen-bond donors (Lipinski definition) is 1. The molecule has 1 heterocycles. The molecule has 0 saturated heterocycles. The van der Waals surface area contributed by atoms with Crippen molar-refractivity contribution in [3.8, 4) is 11.3 Å². The lowest BCUT2D eigenvalue weighted by Crippen LogP contribution is -2.42. The highest BCUT2D eigenvalue weighted by molar-refractivity contribution is 5.95. The van der Waals surface area contributed by atoms with Gasteiger partial charge in [0.25, 0.3) is 11.6 Å². The summed E-state index contributed by atoms with van der Waals surface area (Å²) in [6.07, 6.45) is 0.247. The Morgan fingerprint density at radius 1 is 1.07 bits per heavy atom. The maximum absolute atomic E-state index is 12.6. The monoisotopic (exact) mass is 394 g/mol. The van der Waals surface area contributed by atoms with Crippen LogP contribution in [0.3, 0.4) is 0 Å². The summed E-state index contributed by atoms with van der Waals surface area (Å²) in [4.78, 5) is 35.3. The number of nitro benzene ring substituents is 1. The zero-order valence-electron chi connectivity index (χ0n) is 15.5. The second kappa shape index (κ2) is 8.83. The second-order valence-electron chi connectivity index (χ2n) is 6.18. The number of nitrogens with zero attached hydrogens (tertiary/aromatic N) is 1. The zero-order chi connectivity index (χ0) is 20.8. The van der Waals surface area contributed by atoms with Crippen molar-refractivity contribution in [3.63, 3.8) is 0 Å². The molecule has 0 aliphatic rings. The summed E-state index contributed by atoms with van der Waals surface area (Å²) in [6.45, 7) is 0. The van der Waals surface area contributed by atoms with E-state index in [1.54, 1.807) is 12.1 Å². The number of rotatable bonds is 7. The van der Waals surface area contributed by atoms with Crippen LogP contribution in [0.5, 0.6) is 0 Å². The Morgan fingerprint density at radius 2 is 1.76 bits per heavy atom. The molecule has 1 amide bonds. The molecule has 2 aromatic carbocycles. The molecule has 3 rings (SSSR count). The minimum Gasteiger partial charge on any atom is -0.467 e. The lowest BCUT2D eigenvalue weighted by atomic mass is 10.1. The third-order valence-corrected chi connectivity index (χ3v) is 4.27. The van der Waals surface area contributed by atoms with Gasteiger partial charge < -0.3 is 14.5 Å². The number of carbonyl (C=O) groups excluding carboxylic acids is 2. The Balaban J connectivity index is 1.80. The summed E-state index contributed by atoms with van der Waals surface area (Å²) in [7, 11) is 1.24. The van der Waals surface area contributed by atoms with E-state index in [9.17, 15) is 19.7 Å². The molecule has 148 valence electrons. The number of nitro groups is 1. The SMILES string of the molecule is COC(=O)[C@H](Cc1ccccc1)NC(=O)c1ccc(-c2ccccc2[N+](=O)[O-])o1. The Bertz CT molecular complexity index is 1030. The van der Waals surface area contributed by atoms with Gasteiger partial charge in [0.2, 0.25) is 0 Å². The van der Waals surface area contributed by atoms with Crippen LogP contribution in [0.2, 0.25) is 0 Å². The van der Waals surface area contributed by atoms with Crippen LogP contribution in [0.1, 0.15) is 16.1 Å². The molecule has 3 aromatic rings. The van der Waals surface area contributed by atoms with E-state index in [0.717, 1.165) is 5.56 Å². The third kappa shape index (κ3) is 4.67. The lowest BCUT2D eigenvalue weighted by molar-refractivity contribution is -0.384. The number of ether oxygens (including phenoxy) is 1. The quantitative estimate of drug-likeness (QED) is 0.374. The largest absolute Gasteiger partial charge is 0.467 e. The molecular weight excluding hydrogens is 376 g/mol. The van der Waals surface area contributed by atoms with Gasteiger partial charge in [0.15, 0.2) is 5.76 Å². The Hall–Kier alpha value is -3.94. The third-order valence-electron chi connectivity index (χ3n) is 4.27. The predicted octanol–water partition coefficient (Wildman–Crippen LogP) is 3.37. The van der Waals surface area contributed by atoms with Gasteiger partial charge in [0.1, 0.15) is 11.8 Å². The number of para-hydroxylation sites is 1. The van der Waals surface area contributed by atoms with Crippen molar-refractivity contribution in [2.45, 2.75) is 12.5 Å². The highest BCUT2D eigenvalue weighted by Gasteiger charge is 2.25. The average Bonchev–Trinajstić information content (AvgIpc) is 3.23. The van der Waals surface area contributed by atoms with E-state index >= 15 is 0 Å². The number of furan rings is 1. The van der Waals surface area contributed by atoms with Gasteiger partial charge in [-0.1, -0.05) is 42.5 Å². The number of carbonyl (C=O) groups is 2. The first-order valence-electron chi connectivity index (χ1n) is 8.76. The molecule has 0 radical (unpaired) electrons. The second-order valence-corrected chi connectivity index (χ2v) is 6.18. The minimum absolute atomic E-state index is 0.0693. The predicted molar refractivity (Wildman–Crippen MR) is 104 cm³/mol. The van der Waals surface area contributed by atoms with Crippen molar-refractivity contribution in [1.82, 2.24) is 5.32 Å². The molecule has 8 nitrogen and oxygen atoms in total. The number of esters is 1. The Labute approximate surface area is 166 Å². The molecule has 1 N–H and O–H groups in total. The summed E-state index contributed by atoms with van der Waals surface area (Å²) in [6, 6.07) is 17.2. The van der Waals surface area contributed by atoms with E-state index in [1.807, 2.05) is 30.3 Å². The normalized spacial score (nSPS) is 11.5. The van der Waals surface area contributed by atoms with E-state index < -0.39 is 22.8 Å². The minimum atomic E-state index is -0.908. The first-order chi connectivity index (χ1) is 14.0. The van der Waals surface area contributed by atoms with Gasteiger partial charge in [-0.2, -0.15) is 0 Å². The van der Waals surface area contributed by atoms with Gasteiger partial charge in [-0.05, 0) is 23.8 Å². The van der Waals surface area contributed by atoms with Crippen LogP contribution in [0.4, 0.5) is 5.69 Å². The van der Waals surface area contributed by atoms with Gasteiger partial charge in [0, 0.05) is 12.5 Å². The van der Waals surface area contributed by atoms with E-state index in [2.05, 4.69) is 5.32 Å². The summed E-state index contributed by atoms with van der Waals surface area (Å²) < 4.78 is 10.3. The summed E-state index contributed by atoms with van der Waals surface area (Å²) in [5.74, 6) is -1.10. The van der Waals surface area contributed by atoms with E-state index in [1.165, 1.54) is 31.4 Å². The van der Waals surface area contributed by atoms with E-state index in [-0.39, 0.29) is 29.2 Å². The summed E-state index contributed by atoms with van der Waals surface area (Å²) in [5, 5.41) is 13.8. The molecule has 0 spiro atoms. The summed E-state index contributed by atoms with van der Waals surface area (Å²) in [5.41, 5.74) is 0.971. The smallest absolute Gasteiger partial charge is 0.328 e. The van der Waals surface area contributed by atoms with Crippen molar-refractivity contribution < 1.29 is 23.7 Å². The number of benzene rings is 2. The molecule has 0 unspecified atom stereocenters. The van der Waals surface area contributed by atoms with Crippen molar-refractivity contribution in [2.75, 3.05) is 7.11 Å². The number of hydrogen-bond acceptors (Lipinski definition) is 6. The Morgan fingerprint density at radius 3 is 2.45 bits per heavy atom. The fourth-order valence-electron chi connectivity index (χ4n) is 2.86. The zero-order valence-corrected chi connectivity index (χ0v) is 15.5. The van der Waals surface area contributed by atoms with Gasteiger partial charge in [0.05, 0.1) is 17.6 Å². The highest BCUT2D eigenvalue weighted by Crippen LogP contribution is 2.30. The lowest BCUT2D eigenvalue weighted by Gasteiger charge is -2.15. The average molecular weight is 394 g/mol. The molecule has 0 fully saturated rings. The van der Waals surface area contributed by atoms with Crippen LogP contribution in [0.25, 0.3) is 11.3 Å². The molecular formula is C21H18N2O6. The first-order valence-corrected chi connectivity index (χ1v) is 8.76. The van der Waals surface area contributed by atoms with Crippen molar-refractivity contribution in [2.24, 2.45) is 0 Å². The molecule has 29 heavy (non-hydrogen) atoms. The number of amides is 1. The molecule has 1 aromatic heterocycles. The molecule has 0 saturated carbocycles. The Kier molecular flexibility index (Phi) is 6.03. The van der Waals surface area contributed by atoms with Gasteiger partial charge >= 0.3 is 5.97 Å². The van der Waals surface area contributed by atoms with Crippen LogP contribution < -0.4 is 5.32 Å². The highest BCUT2D eigenvalue weighted by atomic mass is 16.6. The van der Waals surface area contributed by atoms with Crippen LogP contribution in [0, 0.1) is 10.1 Å². The number of nitrogens with one attached hydrogen (secondary N) is 1. The van der Waals surface area contributed by atoms with Gasteiger partial charge in [-0.15, -0.1) is 0 Å². The van der Waals surface area contributed by atoms with Crippen LogP contribution >= 0.6 is 0 Å². The van der Waals surface area contributed by atoms with Gasteiger partial charge in [-0.3, -0.25) is 14.9 Å². The topological polar surface area (TPSA) is 112 Å². The molecule has 1 atom stereocenters. The maximum Gasteiger partial charge on any atom is 0.328 e. The first kappa shape index (κ1) is 19.8. The standard InChI is InChI=1S/C21H18N2O6/c1-28-21(25)16(13-14-7-3-2-4-8-14)22-20(24)19-12-11-18(29-19)15-9-5-6-10-17(15)23(26)27/h2-12,16H,13H2,1H3,(H,22,24)/t16-/m0/s1. The fraction of sp³-hybridized carbons (Fsp3) is 0.143. The molecule has 0 aliphatic carbocycles. The van der Waals surface area contributed by atoms with E-state index in [0.29, 0.717) is 0 Å². The van der Waals surface area contributed by atoms with Crippen molar-refractivity contribution in [3.05, 3.63) is 88.2 Å².